The monoisotopic (exact) mass is 273 g/mol. The smallest absolute Gasteiger partial charge is 0.119 e. The summed E-state index contributed by atoms with van der Waals surface area (Å²) in [6.45, 7) is 2.24. The molecule has 1 aliphatic carbocycles. The molecule has 1 aliphatic rings. The molecule has 0 fully saturated rings. The molecule has 0 spiro atoms. The first-order valence-corrected chi connectivity index (χ1v) is 7.67. The molecule has 0 amide bonds. The summed E-state index contributed by atoms with van der Waals surface area (Å²) in [6.07, 6.45) is 2.34. The fourth-order valence-electron chi connectivity index (χ4n) is 2.80. The molecule has 2 nitrogen and oxygen atoms in total. The Hall–Kier alpha value is -1.32. The Balaban J connectivity index is 1.78. The Morgan fingerprint density at radius 3 is 3.00 bits per heavy atom. The predicted molar refractivity (Wildman–Crippen MR) is 79.9 cm³/mol. The molecule has 0 saturated heterocycles. The van der Waals surface area contributed by atoms with E-state index in [9.17, 15) is 0 Å². The first-order valence-electron chi connectivity index (χ1n) is 6.73. The van der Waals surface area contributed by atoms with Gasteiger partial charge in [0.25, 0.3) is 0 Å². The van der Waals surface area contributed by atoms with Gasteiger partial charge in [-0.1, -0.05) is 6.07 Å². The number of benzene rings is 1. The highest BCUT2D eigenvalue weighted by Gasteiger charge is 2.24. The van der Waals surface area contributed by atoms with Crippen LogP contribution < -0.4 is 10.1 Å². The molecule has 1 aromatic carbocycles. The summed E-state index contributed by atoms with van der Waals surface area (Å²) in [6, 6.07) is 9.48. The zero-order valence-corrected chi connectivity index (χ0v) is 12.2. The third-order valence-corrected chi connectivity index (χ3v) is 4.63. The van der Waals surface area contributed by atoms with Crippen molar-refractivity contribution in [2.45, 2.75) is 31.8 Å². The van der Waals surface area contributed by atoms with E-state index in [4.69, 9.17) is 4.74 Å². The van der Waals surface area contributed by atoms with E-state index in [2.05, 4.69) is 47.3 Å². The van der Waals surface area contributed by atoms with Crippen LogP contribution in [0.2, 0.25) is 0 Å². The maximum absolute atomic E-state index is 5.34. The predicted octanol–water partition coefficient (Wildman–Crippen LogP) is 4.09. The molecule has 19 heavy (non-hydrogen) atoms. The van der Waals surface area contributed by atoms with Crippen LogP contribution in [0.3, 0.4) is 0 Å². The Kier molecular flexibility index (Phi) is 3.58. The minimum atomic E-state index is 0.397. The minimum absolute atomic E-state index is 0.397. The maximum Gasteiger partial charge on any atom is 0.119 e. The molecule has 1 heterocycles. The van der Waals surface area contributed by atoms with E-state index in [1.165, 1.54) is 23.1 Å². The van der Waals surface area contributed by atoms with E-state index in [-0.39, 0.29) is 0 Å². The summed E-state index contributed by atoms with van der Waals surface area (Å²) in [5, 5.41) is 8.10. The van der Waals surface area contributed by atoms with E-state index >= 15 is 0 Å². The van der Waals surface area contributed by atoms with Gasteiger partial charge in [-0.2, -0.15) is 11.3 Å². The fourth-order valence-corrected chi connectivity index (χ4v) is 3.55. The lowest BCUT2D eigenvalue weighted by Gasteiger charge is -2.20. The number of aryl methyl sites for hydroxylation is 1. The fraction of sp³-hybridized carbons (Fsp3) is 0.375. The van der Waals surface area contributed by atoms with Gasteiger partial charge in [0.05, 0.1) is 7.11 Å². The van der Waals surface area contributed by atoms with Crippen molar-refractivity contribution in [1.29, 1.82) is 0 Å². The first kappa shape index (κ1) is 12.7. The van der Waals surface area contributed by atoms with Gasteiger partial charge >= 0.3 is 0 Å². The van der Waals surface area contributed by atoms with E-state index < -0.39 is 0 Å². The van der Waals surface area contributed by atoms with Crippen LogP contribution in [0.25, 0.3) is 0 Å². The number of fused-ring (bicyclic) bond motifs is 1. The molecule has 0 aliphatic heterocycles. The number of nitrogens with one attached hydrogen (secondary N) is 1. The summed E-state index contributed by atoms with van der Waals surface area (Å²) in [7, 11) is 1.73. The van der Waals surface area contributed by atoms with Gasteiger partial charge in [-0.3, -0.25) is 0 Å². The molecule has 0 saturated carbocycles. The average molecular weight is 273 g/mol. The maximum atomic E-state index is 5.34. The van der Waals surface area contributed by atoms with Crippen molar-refractivity contribution in [2.24, 2.45) is 0 Å². The van der Waals surface area contributed by atoms with E-state index in [0.29, 0.717) is 12.1 Å². The highest BCUT2D eigenvalue weighted by molar-refractivity contribution is 7.07. The van der Waals surface area contributed by atoms with Crippen molar-refractivity contribution in [1.82, 2.24) is 5.32 Å². The van der Waals surface area contributed by atoms with Crippen molar-refractivity contribution in [3.8, 4) is 5.75 Å². The van der Waals surface area contributed by atoms with Crippen LogP contribution in [-0.4, -0.2) is 7.11 Å². The number of rotatable bonds is 4. The lowest BCUT2D eigenvalue weighted by atomic mass is 10.1. The van der Waals surface area contributed by atoms with Gasteiger partial charge in [0.15, 0.2) is 0 Å². The third kappa shape index (κ3) is 2.53. The summed E-state index contributed by atoms with van der Waals surface area (Å²) in [5.41, 5.74) is 4.23. The molecule has 2 atom stereocenters. The normalized spacial score (nSPS) is 19.2. The summed E-state index contributed by atoms with van der Waals surface area (Å²) >= 11 is 1.76. The van der Waals surface area contributed by atoms with E-state index in [1.807, 2.05) is 0 Å². The number of ether oxygens (including phenoxy) is 1. The second kappa shape index (κ2) is 5.35. The van der Waals surface area contributed by atoms with Crippen molar-refractivity contribution in [2.75, 3.05) is 7.11 Å². The van der Waals surface area contributed by atoms with Crippen molar-refractivity contribution < 1.29 is 4.74 Å². The summed E-state index contributed by atoms with van der Waals surface area (Å²) < 4.78 is 5.34. The molecule has 0 bridgehead atoms. The van der Waals surface area contributed by atoms with Crippen molar-refractivity contribution in [3.05, 3.63) is 51.7 Å². The molecule has 0 radical (unpaired) electrons. The van der Waals surface area contributed by atoms with Gasteiger partial charge in [0.2, 0.25) is 0 Å². The lowest BCUT2D eigenvalue weighted by Crippen LogP contribution is -2.22. The highest BCUT2D eigenvalue weighted by Crippen LogP contribution is 2.35. The molecule has 3 heteroatoms. The topological polar surface area (TPSA) is 21.3 Å². The largest absolute Gasteiger partial charge is 0.497 e. The quantitative estimate of drug-likeness (QED) is 0.905. The van der Waals surface area contributed by atoms with Gasteiger partial charge in [0, 0.05) is 12.1 Å². The van der Waals surface area contributed by atoms with Crippen molar-refractivity contribution >= 4 is 11.3 Å². The molecule has 2 aromatic rings. The number of hydrogen-bond donors (Lipinski definition) is 1. The van der Waals surface area contributed by atoms with E-state index in [0.717, 1.165) is 12.2 Å². The molecular formula is C16H19NOS. The first-order chi connectivity index (χ1) is 9.28. The van der Waals surface area contributed by atoms with Crippen LogP contribution in [-0.2, 0) is 6.42 Å². The van der Waals surface area contributed by atoms with Gasteiger partial charge in [-0.15, -0.1) is 0 Å². The second-order valence-electron chi connectivity index (χ2n) is 5.10. The summed E-state index contributed by atoms with van der Waals surface area (Å²) in [4.78, 5) is 0. The van der Waals surface area contributed by atoms with Crippen LogP contribution >= 0.6 is 11.3 Å². The lowest BCUT2D eigenvalue weighted by molar-refractivity contribution is 0.412. The zero-order chi connectivity index (χ0) is 13.2. The van der Waals surface area contributed by atoms with Crippen LogP contribution in [0.5, 0.6) is 5.75 Å². The van der Waals surface area contributed by atoms with Gasteiger partial charge in [-0.05, 0) is 65.4 Å². The van der Waals surface area contributed by atoms with Gasteiger partial charge < -0.3 is 10.1 Å². The van der Waals surface area contributed by atoms with Crippen molar-refractivity contribution in [3.63, 3.8) is 0 Å². The number of methoxy groups -OCH3 is 1. The van der Waals surface area contributed by atoms with Gasteiger partial charge in [-0.25, -0.2) is 0 Å². The molecule has 1 N–H and O–H groups in total. The second-order valence-corrected chi connectivity index (χ2v) is 5.88. The SMILES string of the molecule is COc1ccc2c(c1)C(NC(C)c1ccsc1)CC2. The number of hydrogen-bond acceptors (Lipinski definition) is 3. The Bertz CT molecular complexity index is 550. The molecule has 2 unspecified atom stereocenters. The Morgan fingerprint density at radius 1 is 1.37 bits per heavy atom. The van der Waals surface area contributed by atoms with Crippen LogP contribution in [0, 0.1) is 0 Å². The Morgan fingerprint density at radius 2 is 2.26 bits per heavy atom. The molecule has 1 aromatic heterocycles. The zero-order valence-electron chi connectivity index (χ0n) is 11.3. The number of thiophene rings is 1. The Labute approximate surface area is 118 Å². The third-order valence-electron chi connectivity index (χ3n) is 3.93. The minimum Gasteiger partial charge on any atom is -0.497 e. The molecule has 100 valence electrons. The van der Waals surface area contributed by atoms with E-state index in [1.54, 1.807) is 18.4 Å². The van der Waals surface area contributed by atoms with Crippen LogP contribution in [0.1, 0.15) is 42.1 Å². The standard InChI is InChI=1S/C16H19NOS/c1-11(13-7-8-19-10-13)17-16-6-4-12-3-5-14(18-2)9-15(12)16/h3,5,7-11,16-17H,4,6H2,1-2H3. The van der Waals surface area contributed by atoms with Crippen LogP contribution in [0.4, 0.5) is 0 Å². The van der Waals surface area contributed by atoms with Gasteiger partial charge in [0.1, 0.15) is 5.75 Å². The summed E-state index contributed by atoms with van der Waals surface area (Å²) in [5.74, 6) is 0.954. The molecular weight excluding hydrogens is 254 g/mol. The average Bonchev–Trinajstić information content (AvgIpc) is 3.08. The highest BCUT2D eigenvalue weighted by atomic mass is 32.1. The molecule has 3 rings (SSSR count). The van der Waals surface area contributed by atoms with Crippen LogP contribution in [0.15, 0.2) is 35.0 Å².